The fourth-order valence-electron chi connectivity index (χ4n) is 0.923. The van der Waals surface area contributed by atoms with E-state index in [0.29, 0.717) is 0 Å². The van der Waals surface area contributed by atoms with Gasteiger partial charge in [-0.05, 0) is 0 Å². The van der Waals surface area contributed by atoms with E-state index in [1.54, 1.807) is 0 Å². The van der Waals surface area contributed by atoms with Crippen LogP contribution in [0.15, 0.2) is 24.3 Å². The standard InChI is InChI=1S/C9H4F3O2/c10-9(11,12)8(14)7-4-2-1-3-6(7)5-13/h1-4H. The van der Waals surface area contributed by atoms with Gasteiger partial charge in [0.15, 0.2) is 0 Å². The van der Waals surface area contributed by atoms with Gasteiger partial charge in [0.1, 0.15) is 0 Å². The van der Waals surface area contributed by atoms with E-state index in [1.165, 1.54) is 18.4 Å². The van der Waals surface area contributed by atoms with Gasteiger partial charge in [-0.3, -0.25) is 9.59 Å². The number of hydrogen-bond donors (Lipinski definition) is 0. The Labute approximate surface area is 77.3 Å². The SMILES string of the molecule is O=[C]c1ccccc1C(=O)C(F)(F)F. The van der Waals surface area contributed by atoms with Crippen molar-refractivity contribution in [3.05, 3.63) is 35.4 Å². The quantitative estimate of drug-likeness (QED) is 0.684. The Balaban J connectivity index is 3.19. The highest BCUT2D eigenvalue weighted by Crippen LogP contribution is 2.22. The summed E-state index contributed by atoms with van der Waals surface area (Å²) in [5, 5.41) is 0. The first-order chi connectivity index (χ1) is 6.46. The van der Waals surface area contributed by atoms with E-state index in [1.807, 2.05) is 0 Å². The molecule has 0 aromatic heterocycles. The van der Waals surface area contributed by atoms with Crippen LogP contribution < -0.4 is 0 Å². The van der Waals surface area contributed by atoms with E-state index in [2.05, 4.69) is 0 Å². The predicted octanol–water partition coefficient (Wildman–Crippen LogP) is 1.89. The third-order valence-electron chi connectivity index (χ3n) is 1.54. The zero-order valence-electron chi connectivity index (χ0n) is 6.76. The lowest BCUT2D eigenvalue weighted by atomic mass is 10.0. The molecule has 0 fully saturated rings. The molecule has 1 aromatic rings. The highest BCUT2D eigenvalue weighted by atomic mass is 19.4. The monoisotopic (exact) mass is 201 g/mol. The minimum absolute atomic E-state index is 0.380. The summed E-state index contributed by atoms with van der Waals surface area (Å²) >= 11 is 0. The van der Waals surface area contributed by atoms with Crippen LogP contribution in [0.25, 0.3) is 0 Å². The summed E-state index contributed by atoms with van der Waals surface area (Å²) in [6, 6.07) is 4.65. The number of rotatable bonds is 2. The average molecular weight is 201 g/mol. The van der Waals surface area contributed by atoms with Gasteiger partial charge >= 0.3 is 6.18 Å². The maximum absolute atomic E-state index is 12.0. The van der Waals surface area contributed by atoms with Crippen molar-refractivity contribution >= 4 is 12.1 Å². The highest BCUT2D eigenvalue weighted by Gasteiger charge is 2.40. The van der Waals surface area contributed by atoms with Gasteiger partial charge in [0.25, 0.3) is 5.78 Å². The van der Waals surface area contributed by atoms with Crippen LogP contribution in [0.1, 0.15) is 15.9 Å². The number of ketones is 1. The molecule has 0 unspecified atom stereocenters. The number of alkyl halides is 3. The van der Waals surface area contributed by atoms with Gasteiger partial charge in [-0.2, -0.15) is 13.2 Å². The van der Waals surface area contributed by atoms with Crippen LogP contribution in [0.4, 0.5) is 13.2 Å². The molecule has 0 aliphatic heterocycles. The van der Waals surface area contributed by atoms with Gasteiger partial charge in [0.05, 0.1) is 0 Å². The van der Waals surface area contributed by atoms with Gasteiger partial charge < -0.3 is 0 Å². The molecule has 0 saturated heterocycles. The lowest BCUT2D eigenvalue weighted by Gasteiger charge is -2.05. The normalized spacial score (nSPS) is 11.1. The van der Waals surface area contributed by atoms with E-state index >= 15 is 0 Å². The van der Waals surface area contributed by atoms with Crippen molar-refractivity contribution in [1.82, 2.24) is 0 Å². The van der Waals surface area contributed by atoms with Crippen molar-refractivity contribution in [3.8, 4) is 0 Å². The third kappa shape index (κ3) is 1.99. The first kappa shape index (κ1) is 10.4. The number of halogens is 3. The second-order valence-electron chi connectivity index (χ2n) is 2.47. The van der Waals surface area contributed by atoms with Crippen molar-refractivity contribution < 1.29 is 22.8 Å². The van der Waals surface area contributed by atoms with E-state index in [9.17, 15) is 22.8 Å². The molecule has 0 aliphatic rings. The molecule has 1 aromatic carbocycles. The summed E-state index contributed by atoms with van der Waals surface area (Å²) in [7, 11) is 0. The minimum Gasteiger partial charge on any atom is -0.285 e. The maximum Gasteiger partial charge on any atom is 0.454 e. The molecule has 14 heavy (non-hydrogen) atoms. The molecular formula is C9H4F3O2. The summed E-state index contributed by atoms with van der Waals surface area (Å²) in [5.41, 5.74) is -1.05. The fraction of sp³-hybridized carbons (Fsp3) is 0.111. The van der Waals surface area contributed by atoms with Gasteiger partial charge in [-0.1, -0.05) is 24.3 Å². The Bertz CT molecular complexity index is 369. The lowest BCUT2D eigenvalue weighted by molar-refractivity contribution is -0.0885. The molecule has 0 N–H and O–H groups in total. The molecule has 0 aliphatic carbocycles. The van der Waals surface area contributed by atoms with Crippen molar-refractivity contribution in [1.29, 1.82) is 0 Å². The average Bonchev–Trinajstić information content (AvgIpc) is 2.15. The first-order valence-corrected chi connectivity index (χ1v) is 3.55. The van der Waals surface area contributed by atoms with Crippen molar-refractivity contribution in [2.24, 2.45) is 0 Å². The summed E-state index contributed by atoms with van der Waals surface area (Å²) in [6.45, 7) is 0. The molecule has 0 spiro atoms. The van der Waals surface area contributed by atoms with Gasteiger partial charge in [0, 0.05) is 11.1 Å². The Morgan fingerprint density at radius 2 is 1.79 bits per heavy atom. The summed E-state index contributed by atoms with van der Waals surface area (Å²) in [4.78, 5) is 21.0. The van der Waals surface area contributed by atoms with E-state index in [0.717, 1.165) is 12.1 Å². The zero-order valence-corrected chi connectivity index (χ0v) is 6.76. The van der Waals surface area contributed by atoms with Crippen LogP contribution in [0.5, 0.6) is 0 Å². The maximum atomic E-state index is 12.0. The summed E-state index contributed by atoms with van der Waals surface area (Å²) in [5.74, 6) is -2.03. The molecule has 1 rings (SSSR count). The molecule has 1 radical (unpaired) electrons. The number of Topliss-reactive ketones (excluding diaryl/α,β-unsaturated/α-hetero) is 1. The van der Waals surface area contributed by atoms with Crippen molar-refractivity contribution in [2.45, 2.75) is 6.18 Å². The smallest absolute Gasteiger partial charge is 0.285 e. The van der Waals surface area contributed by atoms with Crippen LogP contribution in [0.3, 0.4) is 0 Å². The predicted molar refractivity (Wildman–Crippen MR) is 41.6 cm³/mol. The number of benzene rings is 1. The first-order valence-electron chi connectivity index (χ1n) is 3.55. The van der Waals surface area contributed by atoms with Crippen molar-refractivity contribution in [3.63, 3.8) is 0 Å². The summed E-state index contributed by atoms with van der Waals surface area (Å²) in [6.07, 6.45) is -3.69. The molecule has 0 amide bonds. The number of carbonyl (C=O) groups excluding carboxylic acids is 2. The van der Waals surface area contributed by atoms with Crippen LogP contribution in [0, 0.1) is 0 Å². The second kappa shape index (κ2) is 3.61. The van der Waals surface area contributed by atoms with Crippen LogP contribution in [0.2, 0.25) is 0 Å². The lowest BCUT2D eigenvalue weighted by Crippen LogP contribution is -2.23. The fourth-order valence-corrected chi connectivity index (χ4v) is 0.923. The molecule has 5 heteroatoms. The minimum atomic E-state index is -4.97. The molecule has 0 heterocycles. The van der Waals surface area contributed by atoms with Gasteiger partial charge in [0.2, 0.25) is 6.29 Å². The topological polar surface area (TPSA) is 34.1 Å². The second-order valence-corrected chi connectivity index (χ2v) is 2.47. The Kier molecular flexibility index (Phi) is 2.69. The number of carbonyl (C=O) groups is 1. The van der Waals surface area contributed by atoms with Gasteiger partial charge in [-0.15, -0.1) is 0 Å². The largest absolute Gasteiger partial charge is 0.454 e. The van der Waals surface area contributed by atoms with Crippen LogP contribution >= 0.6 is 0 Å². The number of hydrogen-bond acceptors (Lipinski definition) is 2. The molecule has 2 nitrogen and oxygen atoms in total. The molecule has 0 bridgehead atoms. The Hall–Kier alpha value is -1.65. The Morgan fingerprint density at radius 1 is 1.21 bits per heavy atom. The molecule has 0 saturated carbocycles. The van der Waals surface area contributed by atoms with Crippen LogP contribution in [-0.2, 0) is 4.79 Å². The van der Waals surface area contributed by atoms with E-state index in [4.69, 9.17) is 0 Å². The third-order valence-corrected chi connectivity index (χ3v) is 1.54. The zero-order chi connectivity index (χ0) is 10.8. The molecule has 73 valence electrons. The molecular weight excluding hydrogens is 197 g/mol. The van der Waals surface area contributed by atoms with Crippen molar-refractivity contribution in [2.75, 3.05) is 0 Å². The van der Waals surface area contributed by atoms with Crippen LogP contribution in [-0.4, -0.2) is 18.2 Å². The van der Waals surface area contributed by atoms with E-state index < -0.39 is 17.5 Å². The highest BCUT2D eigenvalue weighted by molar-refractivity contribution is 6.05. The van der Waals surface area contributed by atoms with E-state index in [-0.39, 0.29) is 5.56 Å². The summed E-state index contributed by atoms with van der Waals surface area (Å²) < 4.78 is 35.9. The van der Waals surface area contributed by atoms with Gasteiger partial charge in [-0.25, -0.2) is 0 Å². The Morgan fingerprint density at radius 3 is 2.29 bits per heavy atom. The molecule has 0 atom stereocenters.